The summed E-state index contributed by atoms with van der Waals surface area (Å²) >= 11 is 0. The smallest absolute Gasteiger partial charge is 0.220 e. The van der Waals surface area contributed by atoms with Crippen molar-refractivity contribution in [3.8, 4) is 0 Å². The van der Waals surface area contributed by atoms with Gasteiger partial charge < -0.3 is 15.0 Å². The number of aliphatic hydroxyl groups is 1. The fourth-order valence-electron chi connectivity index (χ4n) is 3.44. The van der Waals surface area contributed by atoms with Crippen molar-refractivity contribution in [2.45, 2.75) is 50.2 Å². The second-order valence-electron chi connectivity index (χ2n) is 6.74. The maximum Gasteiger partial charge on any atom is 0.220 e. The standard InChI is InChI=1S/C19H25N3O2/c1-22-14-20-13-17(22)7-8-18(23)21-16-9-11-19(24,12-10-16)15-5-3-2-4-6-15/h2-6,13-14,16,24H,7-12H2,1H3,(H,21,23). The highest BCUT2D eigenvalue weighted by molar-refractivity contribution is 5.76. The Bertz CT molecular complexity index is 673. The lowest BCUT2D eigenvalue weighted by Gasteiger charge is -2.36. The fourth-order valence-corrected chi connectivity index (χ4v) is 3.44. The first-order valence-electron chi connectivity index (χ1n) is 8.59. The van der Waals surface area contributed by atoms with Gasteiger partial charge >= 0.3 is 0 Å². The predicted molar refractivity (Wildman–Crippen MR) is 92.3 cm³/mol. The third-order valence-electron chi connectivity index (χ3n) is 5.01. The minimum Gasteiger partial charge on any atom is -0.385 e. The number of hydrogen-bond donors (Lipinski definition) is 2. The van der Waals surface area contributed by atoms with Crippen LogP contribution in [0.1, 0.15) is 43.4 Å². The number of rotatable bonds is 5. The number of aryl methyl sites for hydroxylation is 2. The Hall–Kier alpha value is -2.14. The first-order valence-corrected chi connectivity index (χ1v) is 8.59. The molecule has 1 aliphatic rings. The van der Waals surface area contributed by atoms with Crippen LogP contribution in [0.3, 0.4) is 0 Å². The minimum atomic E-state index is -0.753. The molecule has 24 heavy (non-hydrogen) atoms. The highest BCUT2D eigenvalue weighted by atomic mass is 16.3. The molecule has 2 aromatic rings. The van der Waals surface area contributed by atoms with Crippen molar-refractivity contribution in [3.05, 3.63) is 54.1 Å². The van der Waals surface area contributed by atoms with Gasteiger partial charge in [0.2, 0.25) is 5.91 Å². The van der Waals surface area contributed by atoms with Crippen LogP contribution in [0.5, 0.6) is 0 Å². The van der Waals surface area contributed by atoms with Crippen molar-refractivity contribution in [2.75, 3.05) is 0 Å². The van der Waals surface area contributed by atoms with Crippen LogP contribution in [0.4, 0.5) is 0 Å². The van der Waals surface area contributed by atoms with E-state index in [-0.39, 0.29) is 11.9 Å². The van der Waals surface area contributed by atoms with Crippen molar-refractivity contribution in [1.29, 1.82) is 0 Å². The molecule has 5 heteroatoms. The fraction of sp³-hybridized carbons (Fsp3) is 0.474. The highest BCUT2D eigenvalue weighted by Gasteiger charge is 2.34. The lowest BCUT2D eigenvalue weighted by atomic mass is 9.78. The van der Waals surface area contributed by atoms with E-state index < -0.39 is 5.60 Å². The van der Waals surface area contributed by atoms with E-state index >= 15 is 0 Å². The van der Waals surface area contributed by atoms with Gasteiger partial charge in [-0.25, -0.2) is 4.98 Å². The molecule has 0 aliphatic heterocycles. The Morgan fingerprint density at radius 3 is 2.67 bits per heavy atom. The molecule has 1 heterocycles. The van der Waals surface area contributed by atoms with Gasteiger partial charge in [0.1, 0.15) is 0 Å². The summed E-state index contributed by atoms with van der Waals surface area (Å²) < 4.78 is 1.94. The van der Waals surface area contributed by atoms with Crippen molar-refractivity contribution >= 4 is 5.91 Å². The van der Waals surface area contributed by atoms with Crippen molar-refractivity contribution in [1.82, 2.24) is 14.9 Å². The van der Waals surface area contributed by atoms with Crippen LogP contribution in [-0.4, -0.2) is 26.6 Å². The number of imidazole rings is 1. The van der Waals surface area contributed by atoms with Crippen molar-refractivity contribution in [2.24, 2.45) is 7.05 Å². The summed E-state index contributed by atoms with van der Waals surface area (Å²) in [6, 6.07) is 9.99. The molecule has 0 atom stereocenters. The molecular formula is C19H25N3O2. The zero-order chi connectivity index (χ0) is 17.0. The number of aromatic nitrogens is 2. The average molecular weight is 327 g/mol. The number of hydrogen-bond acceptors (Lipinski definition) is 3. The van der Waals surface area contributed by atoms with E-state index in [0.29, 0.717) is 25.7 Å². The molecule has 3 rings (SSSR count). The number of nitrogens with zero attached hydrogens (tertiary/aromatic N) is 2. The zero-order valence-electron chi connectivity index (χ0n) is 14.1. The van der Waals surface area contributed by atoms with Gasteiger partial charge in [0, 0.05) is 31.4 Å². The van der Waals surface area contributed by atoms with Gasteiger partial charge in [-0.05, 0) is 37.7 Å². The van der Waals surface area contributed by atoms with Gasteiger partial charge in [0.15, 0.2) is 0 Å². The quantitative estimate of drug-likeness (QED) is 0.885. The molecule has 0 unspecified atom stereocenters. The second-order valence-corrected chi connectivity index (χ2v) is 6.74. The van der Waals surface area contributed by atoms with Crippen LogP contribution in [0.25, 0.3) is 0 Å². The van der Waals surface area contributed by atoms with Crippen LogP contribution in [0.15, 0.2) is 42.9 Å². The monoisotopic (exact) mass is 327 g/mol. The molecule has 5 nitrogen and oxygen atoms in total. The molecule has 1 aromatic carbocycles. The van der Waals surface area contributed by atoms with Crippen molar-refractivity contribution in [3.63, 3.8) is 0 Å². The minimum absolute atomic E-state index is 0.0753. The summed E-state index contributed by atoms with van der Waals surface area (Å²) in [4.78, 5) is 16.2. The molecule has 0 saturated heterocycles. The number of amides is 1. The first kappa shape index (κ1) is 16.7. The summed E-state index contributed by atoms with van der Waals surface area (Å²) in [5.74, 6) is 0.0753. The Balaban J connectivity index is 1.47. The van der Waals surface area contributed by atoms with Gasteiger partial charge in [-0.2, -0.15) is 0 Å². The van der Waals surface area contributed by atoms with E-state index in [0.717, 1.165) is 24.1 Å². The van der Waals surface area contributed by atoms with E-state index in [2.05, 4.69) is 10.3 Å². The maximum absolute atomic E-state index is 12.1. The van der Waals surface area contributed by atoms with Gasteiger partial charge in [0.05, 0.1) is 11.9 Å². The van der Waals surface area contributed by atoms with E-state index in [4.69, 9.17) is 0 Å². The first-order chi connectivity index (χ1) is 11.6. The van der Waals surface area contributed by atoms with Gasteiger partial charge in [-0.1, -0.05) is 30.3 Å². The molecule has 1 aromatic heterocycles. The van der Waals surface area contributed by atoms with E-state index in [9.17, 15) is 9.90 Å². The molecular weight excluding hydrogens is 302 g/mol. The SMILES string of the molecule is Cn1cncc1CCC(=O)NC1CCC(O)(c2ccccc2)CC1. The summed E-state index contributed by atoms with van der Waals surface area (Å²) in [6.45, 7) is 0. The third kappa shape index (κ3) is 3.85. The molecule has 1 amide bonds. The van der Waals surface area contributed by atoms with Crippen LogP contribution >= 0.6 is 0 Å². The lowest BCUT2D eigenvalue weighted by Crippen LogP contribution is -2.42. The Morgan fingerprint density at radius 1 is 1.33 bits per heavy atom. The van der Waals surface area contributed by atoms with E-state index in [1.165, 1.54) is 0 Å². The third-order valence-corrected chi connectivity index (χ3v) is 5.01. The zero-order valence-corrected chi connectivity index (χ0v) is 14.1. The molecule has 1 aliphatic carbocycles. The maximum atomic E-state index is 12.1. The molecule has 1 fully saturated rings. The Morgan fingerprint density at radius 2 is 2.04 bits per heavy atom. The largest absolute Gasteiger partial charge is 0.385 e. The average Bonchev–Trinajstić information content (AvgIpc) is 3.01. The van der Waals surface area contributed by atoms with Gasteiger partial charge in [-0.3, -0.25) is 4.79 Å². The van der Waals surface area contributed by atoms with Gasteiger partial charge in [0.25, 0.3) is 0 Å². The molecule has 0 spiro atoms. The summed E-state index contributed by atoms with van der Waals surface area (Å²) in [6.07, 6.45) is 7.70. The molecule has 0 bridgehead atoms. The summed E-state index contributed by atoms with van der Waals surface area (Å²) in [7, 11) is 1.94. The van der Waals surface area contributed by atoms with Crippen LogP contribution < -0.4 is 5.32 Å². The van der Waals surface area contributed by atoms with Gasteiger partial charge in [-0.15, -0.1) is 0 Å². The Labute approximate surface area is 142 Å². The van der Waals surface area contributed by atoms with E-state index in [1.54, 1.807) is 12.5 Å². The van der Waals surface area contributed by atoms with E-state index in [1.807, 2.05) is 41.9 Å². The highest BCUT2D eigenvalue weighted by Crippen LogP contribution is 2.36. The number of carbonyl (C=O) groups is 1. The summed E-state index contributed by atoms with van der Waals surface area (Å²) in [5.41, 5.74) is 1.29. The van der Waals surface area contributed by atoms with Crippen LogP contribution in [0, 0.1) is 0 Å². The number of nitrogens with one attached hydrogen (secondary N) is 1. The van der Waals surface area contributed by atoms with Crippen LogP contribution in [0.2, 0.25) is 0 Å². The number of benzene rings is 1. The molecule has 2 N–H and O–H groups in total. The van der Waals surface area contributed by atoms with Crippen molar-refractivity contribution < 1.29 is 9.90 Å². The second kappa shape index (κ2) is 7.18. The van der Waals surface area contributed by atoms with Crippen LogP contribution in [-0.2, 0) is 23.9 Å². The summed E-state index contributed by atoms with van der Waals surface area (Å²) in [5, 5.41) is 13.9. The predicted octanol–water partition coefficient (Wildman–Crippen LogP) is 2.30. The molecule has 0 radical (unpaired) electrons. The lowest BCUT2D eigenvalue weighted by molar-refractivity contribution is -0.122. The number of carbonyl (C=O) groups excluding carboxylic acids is 1. The molecule has 1 saturated carbocycles. The normalized spacial score (nSPS) is 23.8. The topological polar surface area (TPSA) is 67.2 Å². The Kier molecular flexibility index (Phi) is 5.00. The molecule has 128 valence electrons.